The maximum Gasteiger partial charge on any atom is 0.195 e. The predicted molar refractivity (Wildman–Crippen MR) is 80.0 cm³/mol. The average molecular weight is 349 g/mol. The molecule has 0 aromatic heterocycles. The number of aliphatic hydroxyl groups is 1. The zero-order chi connectivity index (χ0) is 15.0. The van der Waals surface area contributed by atoms with Crippen molar-refractivity contribution < 1.29 is 19.0 Å². The molecule has 114 valence electrons. The Balaban J connectivity index is 0.000000347. The normalized spacial score (nSPS) is 22.1. The van der Waals surface area contributed by atoms with Crippen LogP contribution in [0.5, 0.6) is 0 Å². The van der Waals surface area contributed by atoms with E-state index in [1.807, 2.05) is 13.8 Å². The number of rotatable bonds is 3. The summed E-state index contributed by atoms with van der Waals surface area (Å²) in [5, 5.41) is 10.1. The van der Waals surface area contributed by atoms with E-state index in [0.717, 1.165) is 26.1 Å². The molecule has 1 atom stereocenters. The van der Waals surface area contributed by atoms with Crippen molar-refractivity contribution in [1.29, 1.82) is 0 Å². The van der Waals surface area contributed by atoms with Gasteiger partial charge in [0.1, 0.15) is 5.82 Å². The molecule has 3 nitrogen and oxygen atoms in total. The number of hydrogen-bond donors (Lipinski definition) is 1. The van der Waals surface area contributed by atoms with E-state index in [1.54, 1.807) is 12.1 Å². The van der Waals surface area contributed by atoms with E-state index in [9.17, 15) is 9.50 Å². The van der Waals surface area contributed by atoms with Crippen LogP contribution in [0, 0.1) is 5.82 Å². The summed E-state index contributed by atoms with van der Waals surface area (Å²) in [6, 6.07) is 4.60. The molecule has 0 spiro atoms. The molecule has 1 N–H and O–H groups in total. The van der Waals surface area contributed by atoms with Crippen LogP contribution in [0.25, 0.3) is 0 Å². The number of hydrogen-bond acceptors (Lipinski definition) is 3. The molecule has 5 heteroatoms. The maximum absolute atomic E-state index is 13.6. The van der Waals surface area contributed by atoms with Crippen molar-refractivity contribution in [1.82, 2.24) is 0 Å². The first-order chi connectivity index (χ1) is 9.53. The Morgan fingerprint density at radius 1 is 1.35 bits per heavy atom. The summed E-state index contributed by atoms with van der Waals surface area (Å²) in [4.78, 5) is 0. The van der Waals surface area contributed by atoms with E-state index < -0.39 is 11.6 Å². The largest absolute Gasteiger partial charge is 0.382 e. The summed E-state index contributed by atoms with van der Waals surface area (Å²) in [6.07, 6.45) is 2.22. The van der Waals surface area contributed by atoms with Gasteiger partial charge in [0, 0.05) is 29.7 Å². The zero-order valence-electron chi connectivity index (χ0n) is 12.0. The summed E-state index contributed by atoms with van der Waals surface area (Å²) in [5.74, 6) is -1.88. The van der Waals surface area contributed by atoms with Crippen molar-refractivity contribution in [3.63, 3.8) is 0 Å². The second kappa shape index (κ2) is 8.72. The molecule has 1 aliphatic rings. The smallest absolute Gasteiger partial charge is 0.195 e. The lowest BCUT2D eigenvalue weighted by Gasteiger charge is -2.32. The quantitative estimate of drug-likeness (QED) is 0.897. The Morgan fingerprint density at radius 2 is 2.05 bits per heavy atom. The Hall–Kier alpha value is -0.490. The van der Waals surface area contributed by atoms with Crippen LogP contribution in [-0.4, -0.2) is 24.9 Å². The van der Waals surface area contributed by atoms with E-state index in [2.05, 4.69) is 15.9 Å². The van der Waals surface area contributed by atoms with Gasteiger partial charge in [-0.3, -0.25) is 0 Å². The standard InChI is InChI=1S/C11H12BrFO2.C4H10O/c12-8-3-4-9(10(13)7-8)11(14)5-1-2-6-15-11;1-3-5-4-2/h3-4,7,14H,1-2,5-6H2;3-4H2,1-2H3. The second-order valence-electron chi connectivity index (χ2n) is 4.50. The Kier molecular flexibility index (Phi) is 7.66. The first-order valence-electron chi connectivity index (χ1n) is 6.93. The first-order valence-corrected chi connectivity index (χ1v) is 7.72. The van der Waals surface area contributed by atoms with Crippen LogP contribution in [0.1, 0.15) is 38.7 Å². The summed E-state index contributed by atoms with van der Waals surface area (Å²) < 4.78 is 24.4. The topological polar surface area (TPSA) is 38.7 Å². The van der Waals surface area contributed by atoms with Gasteiger partial charge in [0.25, 0.3) is 0 Å². The third-order valence-corrected chi connectivity index (χ3v) is 3.50. The highest BCUT2D eigenvalue weighted by molar-refractivity contribution is 9.10. The van der Waals surface area contributed by atoms with Gasteiger partial charge in [0.05, 0.1) is 6.61 Å². The number of ether oxygens (including phenoxy) is 2. The van der Waals surface area contributed by atoms with Crippen LogP contribution in [0.2, 0.25) is 0 Å². The molecule has 2 rings (SSSR count). The van der Waals surface area contributed by atoms with Gasteiger partial charge < -0.3 is 14.6 Å². The highest BCUT2D eigenvalue weighted by Crippen LogP contribution is 2.34. The van der Waals surface area contributed by atoms with E-state index in [4.69, 9.17) is 9.47 Å². The van der Waals surface area contributed by atoms with Gasteiger partial charge in [-0.1, -0.05) is 15.9 Å². The Morgan fingerprint density at radius 3 is 2.50 bits per heavy atom. The van der Waals surface area contributed by atoms with Gasteiger partial charge in [-0.05, 0) is 44.9 Å². The van der Waals surface area contributed by atoms with Crippen molar-refractivity contribution in [3.05, 3.63) is 34.1 Å². The van der Waals surface area contributed by atoms with Gasteiger partial charge in [0.15, 0.2) is 5.79 Å². The highest BCUT2D eigenvalue weighted by atomic mass is 79.9. The molecule has 1 aromatic rings. The third kappa shape index (κ3) is 5.13. The van der Waals surface area contributed by atoms with E-state index in [-0.39, 0.29) is 5.56 Å². The van der Waals surface area contributed by atoms with E-state index >= 15 is 0 Å². The Labute approximate surface area is 128 Å². The molecule has 20 heavy (non-hydrogen) atoms. The van der Waals surface area contributed by atoms with Gasteiger partial charge in [-0.25, -0.2) is 4.39 Å². The molecule has 1 heterocycles. The average Bonchev–Trinajstić information content (AvgIpc) is 2.40. The van der Waals surface area contributed by atoms with Crippen LogP contribution >= 0.6 is 15.9 Å². The zero-order valence-corrected chi connectivity index (χ0v) is 13.6. The van der Waals surface area contributed by atoms with Gasteiger partial charge in [-0.2, -0.15) is 0 Å². The van der Waals surface area contributed by atoms with Crippen LogP contribution in [0.15, 0.2) is 22.7 Å². The lowest BCUT2D eigenvalue weighted by Crippen LogP contribution is -2.34. The monoisotopic (exact) mass is 348 g/mol. The molecule has 0 aliphatic carbocycles. The van der Waals surface area contributed by atoms with Crippen LogP contribution in [0.3, 0.4) is 0 Å². The van der Waals surface area contributed by atoms with Crippen LogP contribution in [-0.2, 0) is 15.3 Å². The minimum atomic E-state index is -1.44. The lowest BCUT2D eigenvalue weighted by atomic mass is 9.97. The SMILES string of the molecule is CCOCC.OC1(c2ccc(Br)cc2F)CCCCO1. The van der Waals surface area contributed by atoms with Crippen molar-refractivity contribution in [2.75, 3.05) is 19.8 Å². The molecule has 1 saturated heterocycles. The molecule has 0 bridgehead atoms. The molecular weight excluding hydrogens is 327 g/mol. The minimum absolute atomic E-state index is 0.227. The molecule has 1 fully saturated rings. The van der Waals surface area contributed by atoms with Crippen molar-refractivity contribution in [2.24, 2.45) is 0 Å². The second-order valence-corrected chi connectivity index (χ2v) is 5.41. The molecule has 0 radical (unpaired) electrons. The predicted octanol–water partition coefficient (Wildman–Crippen LogP) is 3.98. The van der Waals surface area contributed by atoms with E-state index in [0.29, 0.717) is 17.5 Å². The Bertz CT molecular complexity index is 404. The molecule has 0 amide bonds. The molecule has 1 unspecified atom stereocenters. The minimum Gasteiger partial charge on any atom is -0.382 e. The van der Waals surface area contributed by atoms with Gasteiger partial charge in [0.2, 0.25) is 0 Å². The number of benzene rings is 1. The molecular formula is C15H22BrFO3. The van der Waals surface area contributed by atoms with Gasteiger partial charge in [-0.15, -0.1) is 0 Å². The molecule has 0 saturated carbocycles. The summed E-state index contributed by atoms with van der Waals surface area (Å²) in [6.45, 7) is 6.14. The first kappa shape index (κ1) is 17.6. The fourth-order valence-corrected chi connectivity index (χ4v) is 2.34. The van der Waals surface area contributed by atoms with Crippen molar-refractivity contribution in [2.45, 2.75) is 38.9 Å². The molecule has 1 aromatic carbocycles. The van der Waals surface area contributed by atoms with Crippen LogP contribution < -0.4 is 0 Å². The fourth-order valence-electron chi connectivity index (χ4n) is 2.00. The summed E-state index contributed by atoms with van der Waals surface area (Å²) in [5.41, 5.74) is 0.227. The molecule has 1 aliphatic heterocycles. The van der Waals surface area contributed by atoms with Gasteiger partial charge >= 0.3 is 0 Å². The summed E-state index contributed by atoms with van der Waals surface area (Å²) >= 11 is 3.18. The number of halogens is 2. The summed E-state index contributed by atoms with van der Waals surface area (Å²) in [7, 11) is 0. The van der Waals surface area contributed by atoms with Crippen molar-refractivity contribution in [3.8, 4) is 0 Å². The maximum atomic E-state index is 13.6. The lowest BCUT2D eigenvalue weighted by molar-refractivity contribution is -0.235. The fraction of sp³-hybridized carbons (Fsp3) is 0.600. The van der Waals surface area contributed by atoms with E-state index in [1.165, 1.54) is 6.07 Å². The third-order valence-electron chi connectivity index (χ3n) is 3.01. The van der Waals surface area contributed by atoms with Crippen molar-refractivity contribution >= 4 is 15.9 Å². The van der Waals surface area contributed by atoms with Crippen LogP contribution in [0.4, 0.5) is 4.39 Å². The highest BCUT2D eigenvalue weighted by Gasteiger charge is 2.34.